The normalized spacial score (nSPS) is 11.1. The first-order valence-corrected chi connectivity index (χ1v) is 8.84. The predicted octanol–water partition coefficient (Wildman–Crippen LogP) is 2.36. The van der Waals surface area contributed by atoms with Crippen LogP contribution in [0.15, 0.2) is 55.0 Å². The average Bonchev–Trinajstić information content (AvgIpc) is 3.12. The Labute approximate surface area is 161 Å². The number of hydrogen-bond donors (Lipinski definition) is 3. The van der Waals surface area contributed by atoms with Crippen molar-refractivity contribution < 1.29 is 5.43 Å². The fraction of sp³-hybridized carbons (Fsp3) is 0.105. The van der Waals surface area contributed by atoms with E-state index in [0.29, 0.717) is 23.1 Å². The SMILES string of the molecule is Cn1cc(-c2cc(Cl)c([NH2+]N)c(NCc3ccc4ncccc4c3)n2)cn1. The highest BCUT2D eigenvalue weighted by Crippen LogP contribution is 2.30. The molecule has 3 heterocycles. The Morgan fingerprint density at radius 2 is 2.15 bits per heavy atom. The van der Waals surface area contributed by atoms with Crippen LogP contribution in [0.1, 0.15) is 5.56 Å². The number of rotatable bonds is 5. The third kappa shape index (κ3) is 3.61. The molecule has 5 N–H and O–H groups in total. The molecule has 1 aromatic carbocycles. The summed E-state index contributed by atoms with van der Waals surface area (Å²) in [7, 11) is 1.86. The van der Waals surface area contributed by atoms with Gasteiger partial charge in [-0.25, -0.2) is 10.4 Å². The summed E-state index contributed by atoms with van der Waals surface area (Å²) in [5.74, 6) is 6.41. The Morgan fingerprint density at radius 1 is 1.26 bits per heavy atom. The van der Waals surface area contributed by atoms with Gasteiger partial charge in [0.1, 0.15) is 5.02 Å². The molecule has 0 spiro atoms. The molecule has 0 aliphatic rings. The van der Waals surface area contributed by atoms with Crippen molar-refractivity contribution in [1.29, 1.82) is 0 Å². The van der Waals surface area contributed by atoms with Gasteiger partial charge in [-0.3, -0.25) is 9.67 Å². The summed E-state index contributed by atoms with van der Waals surface area (Å²) in [6.07, 6.45) is 5.44. The Balaban J connectivity index is 1.64. The van der Waals surface area contributed by atoms with Crippen LogP contribution >= 0.6 is 11.6 Å². The summed E-state index contributed by atoms with van der Waals surface area (Å²) in [5, 5.41) is 9.17. The van der Waals surface area contributed by atoms with Crippen LogP contribution in [0.3, 0.4) is 0 Å². The van der Waals surface area contributed by atoms with Crippen LogP contribution in [-0.4, -0.2) is 19.7 Å². The number of nitrogens with one attached hydrogen (secondary N) is 1. The van der Waals surface area contributed by atoms with Gasteiger partial charge in [0.15, 0.2) is 5.82 Å². The number of anilines is 1. The summed E-state index contributed by atoms with van der Waals surface area (Å²) in [4.78, 5) is 9.04. The minimum Gasteiger partial charge on any atom is -0.361 e. The van der Waals surface area contributed by atoms with E-state index in [0.717, 1.165) is 27.7 Å². The van der Waals surface area contributed by atoms with Gasteiger partial charge in [-0.05, 0) is 29.8 Å². The lowest BCUT2D eigenvalue weighted by atomic mass is 10.1. The highest BCUT2D eigenvalue weighted by Gasteiger charge is 2.16. The molecular weight excluding hydrogens is 362 g/mol. The third-order valence-electron chi connectivity index (χ3n) is 4.30. The van der Waals surface area contributed by atoms with Crippen molar-refractivity contribution in [2.24, 2.45) is 12.9 Å². The van der Waals surface area contributed by atoms with E-state index in [1.54, 1.807) is 23.1 Å². The standard InChI is InChI=1S/C19H18ClN7/c1-27-11-14(10-24-27)17-8-15(20)18(26-21)19(25-17)23-9-12-4-5-16-13(7-12)3-2-6-22-16/h2-8,10-11,26H,9,21H2,1H3,(H,23,25)/p+1. The molecule has 0 amide bonds. The maximum Gasteiger partial charge on any atom is 0.210 e. The molecule has 0 saturated heterocycles. The number of benzene rings is 1. The molecule has 3 aromatic heterocycles. The molecule has 0 radical (unpaired) electrons. The van der Waals surface area contributed by atoms with Crippen molar-refractivity contribution in [2.75, 3.05) is 5.32 Å². The van der Waals surface area contributed by atoms with Crippen LogP contribution in [-0.2, 0) is 13.6 Å². The highest BCUT2D eigenvalue weighted by molar-refractivity contribution is 6.33. The van der Waals surface area contributed by atoms with Gasteiger partial charge < -0.3 is 5.32 Å². The topological polar surface area (TPSA) is 98.3 Å². The zero-order chi connectivity index (χ0) is 18.8. The number of halogens is 1. The smallest absolute Gasteiger partial charge is 0.210 e. The second-order valence-electron chi connectivity index (χ2n) is 6.20. The average molecular weight is 381 g/mol. The Morgan fingerprint density at radius 3 is 2.93 bits per heavy atom. The van der Waals surface area contributed by atoms with E-state index in [4.69, 9.17) is 22.4 Å². The molecule has 4 rings (SSSR count). The molecular formula is C19H19ClN7+. The molecule has 7 nitrogen and oxygen atoms in total. The number of nitrogens with two attached hydrogens (primary N) is 2. The van der Waals surface area contributed by atoms with Gasteiger partial charge in [0.2, 0.25) is 5.69 Å². The number of fused-ring (bicyclic) bond motifs is 1. The second-order valence-corrected chi connectivity index (χ2v) is 6.61. The largest absolute Gasteiger partial charge is 0.361 e. The molecule has 136 valence electrons. The van der Waals surface area contributed by atoms with Crippen LogP contribution in [0.2, 0.25) is 5.02 Å². The summed E-state index contributed by atoms with van der Waals surface area (Å²) >= 11 is 6.42. The van der Waals surface area contributed by atoms with Crippen LogP contribution in [0.5, 0.6) is 0 Å². The molecule has 0 bridgehead atoms. The first-order chi connectivity index (χ1) is 13.1. The lowest BCUT2D eigenvalue weighted by molar-refractivity contribution is -0.583. The minimum absolute atomic E-state index is 0.538. The van der Waals surface area contributed by atoms with Crippen molar-refractivity contribution in [1.82, 2.24) is 19.7 Å². The number of nitrogens with zero attached hydrogens (tertiary/aromatic N) is 4. The minimum atomic E-state index is 0.538. The Bertz CT molecular complexity index is 1110. The van der Waals surface area contributed by atoms with E-state index in [-0.39, 0.29) is 0 Å². The first-order valence-electron chi connectivity index (χ1n) is 8.46. The van der Waals surface area contributed by atoms with Gasteiger partial charge in [0.25, 0.3) is 0 Å². The van der Waals surface area contributed by atoms with Crippen molar-refractivity contribution >= 4 is 34.0 Å². The summed E-state index contributed by atoms with van der Waals surface area (Å²) < 4.78 is 1.73. The molecule has 0 aliphatic carbocycles. The zero-order valence-electron chi connectivity index (χ0n) is 14.7. The van der Waals surface area contributed by atoms with Crippen LogP contribution in [0.25, 0.3) is 22.2 Å². The first kappa shape index (κ1) is 17.4. The molecule has 0 aliphatic heterocycles. The summed E-state index contributed by atoms with van der Waals surface area (Å²) in [5.41, 5.74) is 5.85. The number of aromatic nitrogens is 4. The van der Waals surface area contributed by atoms with Gasteiger partial charge in [0, 0.05) is 36.9 Å². The van der Waals surface area contributed by atoms with Gasteiger partial charge in [-0.2, -0.15) is 10.9 Å². The highest BCUT2D eigenvalue weighted by atomic mass is 35.5. The van der Waals surface area contributed by atoms with Crippen molar-refractivity contribution in [3.63, 3.8) is 0 Å². The van der Waals surface area contributed by atoms with Gasteiger partial charge in [-0.1, -0.05) is 23.7 Å². The van der Waals surface area contributed by atoms with Gasteiger partial charge in [-0.15, -0.1) is 0 Å². The zero-order valence-corrected chi connectivity index (χ0v) is 15.5. The van der Waals surface area contributed by atoms with Crippen molar-refractivity contribution in [3.05, 3.63) is 65.6 Å². The van der Waals surface area contributed by atoms with E-state index in [2.05, 4.69) is 21.5 Å². The van der Waals surface area contributed by atoms with Crippen molar-refractivity contribution in [3.8, 4) is 11.3 Å². The molecule has 4 aromatic rings. The predicted molar refractivity (Wildman–Crippen MR) is 106 cm³/mol. The Kier molecular flexibility index (Phi) is 4.72. The van der Waals surface area contributed by atoms with Crippen LogP contribution < -0.4 is 16.6 Å². The van der Waals surface area contributed by atoms with Gasteiger partial charge >= 0.3 is 0 Å². The lowest BCUT2D eigenvalue weighted by Gasteiger charge is -2.11. The molecule has 8 heteroatoms. The Hall–Kier alpha value is -3.00. The van der Waals surface area contributed by atoms with Crippen molar-refractivity contribution in [2.45, 2.75) is 6.54 Å². The fourth-order valence-electron chi connectivity index (χ4n) is 2.94. The summed E-state index contributed by atoms with van der Waals surface area (Å²) in [6, 6.07) is 11.9. The second kappa shape index (κ2) is 7.32. The summed E-state index contributed by atoms with van der Waals surface area (Å²) in [6.45, 7) is 0.589. The quantitative estimate of drug-likeness (QED) is 0.364. The number of aryl methyl sites for hydroxylation is 1. The van der Waals surface area contributed by atoms with Crippen LogP contribution in [0, 0.1) is 0 Å². The number of quaternary nitrogens is 1. The van der Waals surface area contributed by atoms with Gasteiger partial charge in [0.05, 0.1) is 17.4 Å². The monoisotopic (exact) mass is 380 g/mol. The molecule has 0 atom stereocenters. The molecule has 0 unspecified atom stereocenters. The fourth-order valence-corrected chi connectivity index (χ4v) is 3.20. The lowest BCUT2D eigenvalue weighted by Crippen LogP contribution is -2.85. The van der Waals surface area contributed by atoms with E-state index >= 15 is 0 Å². The van der Waals surface area contributed by atoms with E-state index < -0.39 is 0 Å². The van der Waals surface area contributed by atoms with Crippen LogP contribution in [0.4, 0.5) is 11.5 Å². The molecule has 27 heavy (non-hydrogen) atoms. The molecule has 0 fully saturated rings. The maximum absolute atomic E-state index is 6.42. The number of hydrogen-bond acceptors (Lipinski definition) is 5. The van der Waals surface area contributed by atoms with E-state index in [1.165, 1.54) is 5.43 Å². The maximum atomic E-state index is 6.42. The third-order valence-corrected chi connectivity index (χ3v) is 4.62. The van der Waals surface area contributed by atoms with E-state index in [1.807, 2.05) is 37.5 Å². The number of pyridine rings is 2. The van der Waals surface area contributed by atoms with E-state index in [9.17, 15) is 0 Å². The molecule has 0 saturated carbocycles.